The molecule has 0 aliphatic carbocycles. The first-order chi connectivity index (χ1) is 15.8. The maximum atomic E-state index is 12.7. The van der Waals surface area contributed by atoms with Gasteiger partial charge >= 0.3 is 5.97 Å². The number of thiazole rings is 1. The number of carboxylic acids is 1. The molecule has 2 aromatic rings. The normalized spacial score (nSPS) is 20.7. The van der Waals surface area contributed by atoms with E-state index in [1.165, 1.54) is 33.6 Å². The smallest absolute Gasteiger partial charge is 0.352 e. The summed E-state index contributed by atoms with van der Waals surface area (Å²) in [6, 6.07) is -0.991. The van der Waals surface area contributed by atoms with E-state index in [1.54, 1.807) is 7.05 Å². The summed E-state index contributed by atoms with van der Waals surface area (Å²) in [6.07, 6.45) is -1.23. The van der Waals surface area contributed by atoms with Crippen LogP contribution in [0.5, 0.6) is 0 Å². The molecule has 3 atom stereocenters. The molecular weight excluding hydrogens is 496 g/mol. The average molecular weight is 513 g/mol. The van der Waals surface area contributed by atoms with E-state index in [-0.39, 0.29) is 22.3 Å². The molecule has 0 saturated carbocycles. The summed E-state index contributed by atoms with van der Waals surface area (Å²) in [5, 5.41) is 37.3. The molecule has 4 rings (SSSR count). The van der Waals surface area contributed by atoms with E-state index in [0.717, 1.165) is 16.2 Å². The Morgan fingerprint density at radius 2 is 2.24 bits per heavy atom. The number of anilines is 1. The number of nitrogens with one attached hydrogen (secondary N) is 2. The van der Waals surface area contributed by atoms with Crippen molar-refractivity contribution in [2.75, 3.05) is 16.8 Å². The second-order valence-corrected chi connectivity index (χ2v) is 9.67. The van der Waals surface area contributed by atoms with E-state index >= 15 is 0 Å². The monoisotopic (exact) mass is 512 g/mol. The Kier molecular flexibility index (Phi) is 6.63. The van der Waals surface area contributed by atoms with Gasteiger partial charge in [-0.2, -0.15) is 0 Å². The van der Waals surface area contributed by atoms with E-state index in [9.17, 15) is 29.4 Å². The molecule has 0 bridgehead atoms. The summed E-state index contributed by atoms with van der Waals surface area (Å²) in [6.45, 7) is 0. The molecule has 1 fully saturated rings. The number of aryl methyl sites for hydroxylation is 1. The van der Waals surface area contributed by atoms with Crippen molar-refractivity contribution in [3.05, 3.63) is 22.3 Å². The Bertz CT molecular complexity index is 1150. The number of thioether (sulfide) groups is 2. The quantitative estimate of drug-likeness (QED) is 0.178. The predicted octanol–water partition coefficient (Wildman–Crippen LogP) is -1.20. The Labute approximate surface area is 197 Å². The number of carbonyl (C=O) groups excluding carboxylic acids is 3. The lowest BCUT2D eigenvalue weighted by Crippen LogP contribution is -2.70. The van der Waals surface area contributed by atoms with Gasteiger partial charge < -0.3 is 20.8 Å². The number of aromatic nitrogens is 5. The molecule has 17 heteroatoms. The lowest BCUT2D eigenvalue weighted by atomic mass is 10.0. The number of aliphatic carboxylic acids is 1. The number of aliphatic hydroxyl groups excluding tert-OH is 1. The molecule has 0 aromatic carbocycles. The highest BCUT2D eigenvalue weighted by Gasteiger charge is 2.54. The first kappa shape index (κ1) is 23.1. The van der Waals surface area contributed by atoms with Crippen LogP contribution in [0.2, 0.25) is 0 Å². The number of nitrogens with zero attached hydrogens (tertiary/aromatic N) is 6. The highest BCUT2D eigenvalue weighted by atomic mass is 32.2. The molecule has 0 spiro atoms. The van der Waals surface area contributed by atoms with E-state index in [2.05, 4.69) is 31.1 Å². The van der Waals surface area contributed by atoms with Gasteiger partial charge in [0.1, 0.15) is 17.1 Å². The molecule has 1 saturated heterocycles. The van der Waals surface area contributed by atoms with Gasteiger partial charge in [-0.25, -0.2) is 14.5 Å². The minimum absolute atomic E-state index is 0.0190. The first-order valence-electron chi connectivity index (χ1n) is 9.21. The SMILES string of the molecule is Cn1nnnc1SCC1=C(C(=O)O)N2C(=O)C(NC(=O)C(O)c3csc(NC=O)n3)[C@@H]2SC1. The van der Waals surface area contributed by atoms with Crippen LogP contribution < -0.4 is 10.6 Å². The first-order valence-corrected chi connectivity index (χ1v) is 12.1. The van der Waals surface area contributed by atoms with Gasteiger partial charge in [-0.1, -0.05) is 11.8 Å². The van der Waals surface area contributed by atoms with Crippen molar-refractivity contribution in [2.45, 2.75) is 22.7 Å². The summed E-state index contributed by atoms with van der Waals surface area (Å²) in [4.78, 5) is 52.7. The molecule has 4 heterocycles. The van der Waals surface area contributed by atoms with Crippen LogP contribution in [0, 0.1) is 0 Å². The topological polar surface area (TPSA) is 193 Å². The Balaban J connectivity index is 1.44. The van der Waals surface area contributed by atoms with E-state index < -0.39 is 35.3 Å². The fourth-order valence-electron chi connectivity index (χ4n) is 3.18. The number of aliphatic hydroxyl groups is 1. The largest absolute Gasteiger partial charge is 0.477 e. The number of fused-ring (bicyclic) bond motifs is 1. The van der Waals surface area contributed by atoms with Crippen molar-refractivity contribution in [1.82, 2.24) is 35.4 Å². The summed E-state index contributed by atoms with van der Waals surface area (Å²) < 4.78 is 1.45. The summed E-state index contributed by atoms with van der Waals surface area (Å²) >= 11 is 3.58. The van der Waals surface area contributed by atoms with Crippen molar-refractivity contribution in [1.29, 1.82) is 0 Å². The zero-order valence-corrected chi connectivity index (χ0v) is 19.2. The molecule has 2 aromatic heterocycles. The molecule has 3 amide bonds. The Morgan fingerprint density at radius 3 is 2.91 bits per heavy atom. The highest BCUT2D eigenvalue weighted by Crippen LogP contribution is 2.41. The van der Waals surface area contributed by atoms with Crippen molar-refractivity contribution in [2.24, 2.45) is 7.05 Å². The standard InChI is InChI=1S/C16H16N8O6S3/c1-23-16(20-21-22-23)33-3-6-2-31-13-8(12(28)24(13)9(6)14(29)30)19-11(27)10(26)7-4-32-15(18-7)17-5-25/h4-5,8,10,13,26H,2-3H2,1H3,(H,19,27)(H,29,30)(H,17,18,25)/t8?,10?,13-/m0/s1. The van der Waals surface area contributed by atoms with Gasteiger partial charge in [0.05, 0.1) is 5.69 Å². The summed E-state index contributed by atoms with van der Waals surface area (Å²) in [5.74, 6) is -2.09. The van der Waals surface area contributed by atoms with Gasteiger partial charge in [0.15, 0.2) is 11.2 Å². The average Bonchev–Trinajstić information content (AvgIpc) is 3.43. The number of β-lactam (4-membered cyclic amide) rings is 1. The molecule has 4 N–H and O–H groups in total. The van der Waals surface area contributed by atoms with Crippen LogP contribution in [0.1, 0.15) is 11.8 Å². The molecule has 174 valence electrons. The van der Waals surface area contributed by atoms with Crippen molar-refractivity contribution in [3.63, 3.8) is 0 Å². The third kappa shape index (κ3) is 4.43. The minimum Gasteiger partial charge on any atom is -0.477 e. The van der Waals surface area contributed by atoms with Gasteiger partial charge in [-0.05, 0) is 16.0 Å². The van der Waals surface area contributed by atoms with Crippen LogP contribution in [0.25, 0.3) is 0 Å². The van der Waals surface area contributed by atoms with Crippen LogP contribution >= 0.6 is 34.9 Å². The molecular formula is C16H16N8O6S3. The van der Waals surface area contributed by atoms with Crippen LogP contribution in [-0.4, -0.2) is 87.4 Å². The van der Waals surface area contributed by atoms with Crippen LogP contribution in [0.15, 0.2) is 21.8 Å². The molecule has 2 aliphatic heterocycles. The lowest BCUT2D eigenvalue weighted by molar-refractivity contribution is -0.151. The zero-order chi connectivity index (χ0) is 23.7. The number of carboxylic acid groups (broad SMARTS) is 1. The van der Waals surface area contributed by atoms with Gasteiger partial charge in [-0.3, -0.25) is 19.3 Å². The van der Waals surface area contributed by atoms with E-state index in [1.807, 2.05) is 0 Å². The number of hydrogen-bond donors (Lipinski definition) is 4. The molecule has 14 nitrogen and oxygen atoms in total. The van der Waals surface area contributed by atoms with E-state index in [0.29, 0.717) is 22.9 Å². The van der Waals surface area contributed by atoms with Crippen LogP contribution in [0.3, 0.4) is 0 Å². The minimum atomic E-state index is -1.65. The summed E-state index contributed by atoms with van der Waals surface area (Å²) in [7, 11) is 1.66. The lowest BCUT2D eigenvalue weighted by Gasteiger charge is -2.49. The summed E-state index contributed by atoms with van der Waals surface area (Å²) in [5.41, 5.74) is 0.430. The van der Waals surface area contributed by atoms with Gasteiger partial charge in [0.2, 0.25) is 11.6 Å². The number of hydrogen-bond acceptors (Lipinski definition) is 12. The third-order valence-corrected chi connectivity index (χ3v) is 7.97. The van der Waals surface area contributed by atoms with Gasteiger partial charge in [0, 0.05) is 23.9 Å². The second kappa shape index (κ2) is 9.46. The maximum Gasteiger partial charge on any atom is 0.352 e. The Hall–Kier alpha value is -3.02. The fourth-order valence-corrected chi connectivity index (χ4v) is 6.21. The molecule has 0 radical (unpaired) electrons. The van der Waals surface area contributed by atoms with Crippen LogP contribution in [-0.2, 0) is 26.2 Å². The molecule has 2 unspecified atom stereocenters. The number of rotatable bonds is 9. The van der Waals surface area contributed by atoms with Gasteiger partial charge in [-0.15, -0.1) is 28.2 Å². The van der Waals surface area contributed by atoms with Crippen LogP contribution in [0.4, 0.5) is 5.13 Å². The number of amides is 3. The fraction of sp³-hybridized carbons (Fsp3) is 0.375. The maximum absolute atomic E-state index is 12.7. The third-order valence-electron chi connectivity index (χ3n) is 4.74. The molecule has 33 heavy (non-hydrogen) atoms. The second-order valence-electron chi connectivity index (χ2n) is 6.77. The highest BCUT2D eigenvalue weighted by molar-refractivity contribution is 8.01. The van der Waals surface area contributed by atoms with Crippen molar-refractivity contribution < 1.29 is 29.4 Å². The zero-order valence-electron chi connectivity index (χ0n) is 16.7. The van der Waals surface area contributed by atoms with Crippen molar-refractivity contribution in [3.8, 4) is 0 Å². The molecule has 2 aliphatic rings. The van der Waals surface area contributed by atoms with E-state index in [4.69, 9.17) is 0 Å². The van der Waals surface area contributed by atoms with Crippen molar-refractivity contribution >= 4 is 64.2 Å². The van der Waals surface area contributed by atoms with Gasteiger partial charge in [0.25, 0.3) is 11.8 Å². The number of carbonyl (C=O) groups is 4. The number of tetrazole rings is 1. The predicted molar refractivity (Wildman–Crippen MR) is 116 cm³/mol. The Morgan fingerprint density at radius 1 is 1.45 bits per heavy atom.